The van der Waals surface area contributed by atoms with Gasteiger partial charge in [-0.05, 0) is 133 Å². The average Bonchev–Trinajstić information content (AvgIpc) is 3.66. The number of aryl methyl sites for hydroxylation is 2. The Bertz CT molecular complexity index is 1590. The number of nitrogens with zero attached hydrogens (tertiary/aromatic N) is 1. The second-order valence-corrected chi connectivity index (χ2v) is 15.4. The molecule has 4 aromatic carbocycles. The third-order valence-corrected chi connectivity index (χ3v) is 11.6. The molecule has 4 aromatic rings. The summed E-state index contributed by atoms with van der Waals surface area (Å²) in [5.74, 6) is 0. The summed E-state index contributed by atoms with van der Waals surface area (Å²) in [6, 6.07) is 29.9. The van der Waals surface area contributed by atoms with Crippen LogP contribution in [0.3, 0.4) is 0 Å². The van der Waals surface area contributed by atoms with Crippen LogP contribution >= 0.6 is 47.8 Å². The van der Waals surface area contributed by atoms with Crippen molar-refractivity contribution in [1.29, 1.82) is 0 Å². The largest absolute Gasteiger partial charge is 0.385 e. The Labute approximate surface area is 293 Å². The number of anilines is 1. The number of rotatable bonds is 5. The first-order valence-corrected chi connectivity index (χ1v) is 19.0. The minimum absolute atomic E-state index is 0.509. The molecule has 1 heterocycles. The van der Waals surface area contributed by atoms with Gasteiger partial charge in [-0.2, -0.15) is 0 Å². The van der Waals surface area contributed by atoms with Crippen molar-refractivity contribution in [3.05, 3.63) is 133 Å². The minimum atomic E-state index is -0.551. The van der Waals surface area contributed by atoms with Crippen molar-refractivity contribution in [3.8, 4) is 0 Å². The second kappa shape index (κ2) is 14.4. The molecule has 0 atom stereocenters. The van der Waals surface area contributed by atoms with Gasteiger partial charge in [0.15, 0.2) is 0 Å². The molecule has 2 saturated carbocycles. The second-order valence-electron chi connectivity index (χ2n) is 13.0. The van der Waals surface area contributed by atoms with Crippen molar-refractivity contribution in [3.63, 3.8) is 0 Å². The average molecular weight is 796 g/mol. The number of aliphatic hydroxyl groups is 2. The lowest BCUT2D eigenvalue weighted by Crippen LogP contribution is -2.33. The van der Waals surface area contributed by atoms with Gasteiger partial charge in [0, 0.05) is 33.1 Å². The van der Waals surface area contributed by atoms with E-state index in [9.17, 15) is 10.2 Å². The molecule has 8 rings (SSSR count). The Kier molecular flexibility index (Phi) is 10.6. The van der Waals surface area contributed by atoms with Gasteiger partial charge in [0.05, 0.1) is 11.2 Å². The van der Waals surface area contributed by atoms with Gasteiger partial charge in [-0.1, -0.05) is 102 Å². The highest BCUT2D eigenvalue weighted by atomic mass is 79.9. The third-order valence-electron chi connectivity index (χ3n) is 9.97. The number of hydrogen-bond donors (Lipinski definition) is 2. The predicted octanol–water partition coefficient (Wildman–Crippen LogP) is 10.3. The molecular formula is C39H42Br3NO2. The highest BCUT2D eigenvalue weighted by Crippen LogP contribution is 2.42. The maximum Gasteiger partial charge on any atom is 0.0896 e. The summed E-state index contributed by atoms with van der Waals surface area (Å²) in [7, 11) is 0. The van der Waals surface area contributed by atoms with E-state index in [2.05, 4.69) is 125 Å². The van der Waals surface area contributed by atoms with Crippen molar-refractivity contribution in [1.82, 2.24) is 0 Å². The molecule has 0 saturated heterocycles. The van der Waals surface area contributed by atoms with E-state index in [0.717, 1.165) is 79.0 Å². The van der Waals surface area contributed by atoms with E-state index in [1.807, 2.05) is 12.1 Å². The minimum Gasteiger partial charge on any atom is -0.385 e. The van der Waals surface area contributed by atoms with Crippen molar-refractivity contribution < 1.29 is 10.2 Å². The highest BCUT2D eigenvalue weighted by molar-refractivity contribution is 9.10. The Balaban J connectivity index is 0.000000131. The quantitative estimate of drug-likeness (QED) is 0.198. The molecule has 0 bridgehead atoms. The Hall–Kier alpha value is -1.96. The molecule has 6 heteroatoms. The lowest BCUT2D eigenvalue weighted by molar-refractivity contribution is -0.0391. The van der Waals surface area contributed by atoms with Crippen LogP contribution in [-0.4, -0.2) is 16.8 Å². The van der Waals surface area contributed by atoms with Crippen LogP contribution in [0.5, 0.6) is 0 Å². The first-order chi connectivity index (χ1) is 21.7. The molecule has 0 radical (unpaired) electrons. The first kappa shape index (κ1) is 33.0. The number of halogens is 3. The van der Waals surface area contributed by atoms with E-state index in [1.165, 1.54) is 51.7 Å². The summed E-state index contributed by atoms with van der Waals surface area (Å²) in [5.41, 5.74) is 9.51. The van der Waals surface area contributed by atoms with Crippen LogP contribution in [0.4, 0.5) is 5.69 Å². The molecule has 0 aromatic heterocycles. The summed E-state index contributed by atoms with van der Waals surface area (Å²) in [6.45, 7) is 2.02. The van der Waals surface area contributed by atoms with Crippen LogP contribution in [-0.2, 0) is 42.3 Å². The summed E-state index contributed by atoms with van der Waals surface area (Å²) in [6.07, 6.45) is 10.9. The van der Waals surface area contributed by atoms with E-state index < -0.39 is 11.2 Å². The zero-order valence-corrected chi connectivity index (χ0v) is 30.5. The molecule has 1 aliphatic heterocycles. The monoisotopic (exact) mass is 793 g/mol. The van der Waals surface area contributed by atoms with Gasteiger partial charge in [-0.25, -0.2) is 0 Å². The molecule has 2 fully saturated rings. The number of fused-ring (bicyclic) bond motifs is 2. The maximum absolute atomic E-state index is 10.4. The molecule has 236 valence electrons. The van der Waals surface area contributed by atoms with Gasteiger partial charge < -0.3 is 15.1 Å². The summed E-state index contributed by atoms with van der Waals surface area (Å²) in [5, 5.41) is 21.3. The van der Waals surface area contributed by atoms with Crippen molar-refractivity contribution in [2.24, 2.45) is 0 Å². The lowest BCUT2D eigenvalue weighted by atomic mass is 9.75. The van der Waals surface area contributed by atoms with Crippen LogP contribution < -0.4 is 4.90 Å². The van der Waals surface area contributed by atoms with E-state index in [0.29, 0.717) is 0 Å². The molecule has 3 aliphatic carbocycles. The fourth-order valence-corrected chi connectivity index (χ4v) is 7.98. The van der Waals surface area contributed by atoms with E-state index in [1.54, 1.807) is 5.56 Å². The maximum atomic E-state index is 10.4. The van der Waals surface area contributed by atoms with Crippen molar-refractivity contribution in [2.45, 2.75) is 87.3 Å². The van der Waals surface area contributed by atoms with Crippen LogP contribution in [0.15, 0.2) is 93.9 Å². The predicted molar refractivity (Wildman–Crippen MR) is 196 cm³/mol. The van der Waals surface area contributed by atoms with E-state index in [-0.39, 0.29) is 0 Å². The molecule has 45 heavy (non-hydrogen) atoms. The van der Waals surface area contributed by atoms with Crippen molar-refractivity contribution in [2.75, 3.05) is 11.4 Å². The normalized spacial score (nSPS) is 18.3. The summed E-state index contributed by atoms with van der Waals surface area (Å²) >= 11 is 10.4. The molecule has 4 aliphatic rings. The van der Waals surface area contributed by atoms with Gasteiger partial charge >= 0.3 is 0 Å². The lowest BCUT2D eigenvalue weighted by Gasteiger charge is -2.37. The molecular weight excluding hydrogens is 754 g/mol. The molecule has 0 spiro atoms. The van der Waals surface area contributed by atoms with Crippen LogP contribution in [0, 0.1) is 0 Å². The standard InChI is InChI=1S/C19H20BrNO.C11H13BrO.C9H9Br/c20-17-6-7-18-15(12-17)8-11-21(18)13-14-2-4-16(5-3-14)19(22)9-1-10-19;12-8-9-2-4-10(5-3-9)11(13)6-1-7-11;10-9-5-4-7-2-1-3-8(7)6-9/h2-7,12,22H,1,8-11,13H2;2-5,13H,1,6-8H2;4-6H,1-3H2. The summed E-state index contributed by atoms with van der Waals surface area (Å²) in [4.78, 5) is 2.44. The zero-order valence-electron chi connectivity index (χ0n) is 25.8. The van der Waals surface area contributed by atoms with Crippen LogP contribution in [0.1, 0.15) is 83.9 Å². The third kappa shape index (κ3) is 7.79. The van der Waals surface area contributed by atoms with Crippen LogP contribution in [0.25, 0.3) is 0 Å². The number of hydrogen-bond acceptors (Lipinski definition) is 3. The van der Waals surface area contributed by atoms with Gasteiger partial charge in [0.25, 0.3) is 0 Å². The molecule has 0 amide bonds. The Morgan fingerprint density at radius 1 is 0.578 bits per heavy atom. The van der Waals surface area contributed by atoms with E-state index >= 15 is 0 Å². The van der Waals surface area contributed by atoms with Gasteiger partial charge in [-0.3, -0.25) is 0 Å². The zero-order chi connectivity index (χ0) is 31.4. The fourth-order valence-electron chi connectivity index (χ4n) is 6.79. The topological polar surface area (TPSA) is 43.7 Å². The van der Waals surface area contributed by atoms with Gasteiger partial charge in [-0.15, -0.1) is 0 Å². The summed E-state index contributed by atoms with van der Waals surface area (Å²) < 4.78 is 2.37. The highest BCUT2D eigenvalue weighted by Gasteiger charge is 2.36. The van der Waals surface area contributed by atoms with E-state index in [4.69, 9.17) is 0 Å². The smallest absolute Gasteiger partial charge is 0.0896 e. The Morgan fingerprint density at radius 3 is 1.67 bits per heavy atom. The molecule has 3 nitrogen and oxygen atoms in total. The number of alkyl halides is 1. The fraction of sp³-hybridized carbons (Fsp3) is 0.385. The SMILES string of the molecule is Brc1ccc2c(c1)CCC2.OC1(c2ccc(CBr)cc2)CCC1.OC1(c2ccc(CN3CCc4cc(Br)ccc43)cc2)CCC1. The number of benzene rings is 4. The van der Waals surface area contributed by atoms with Crippen LogP contribution in [0.2, 0.25) is 0 Å². The van der Waals surface area contributed by atoms with Gasteiger partial charge in [0.1, 0.15) is 0 Å². The first-order valence-electron chi connectivity index (χ1n) is 16.2. The Morgan fingerprint density at radius 2 is 1.11 bits per heavy atom. The van der Waals surface area contributed by atoms with Gasteiger partial charge in [0.2, 0.25) is 0 Å². The molecule has 0 unspecified atom stereocenters. The molecule has 2 N–H and O–H groups in total. The van der Waals surface area contributed by atoms with Crippen molar-refractivity contribution >= 4 is 53.5 Å².